The fourth-order valence-electron chi connectivity index (χ4n) is 2.88. The van der Waals surface area contributed by atoms with Crippen molar-refractivity contribution in [3.05, 3.63) is 38.9 Å². The van der Waals surface area contributed by atoms with Crippen LogP contribution in [0.2, 0.25) is 5.02 Å². The quantitative estimate of drug-likeness (QED) is 0.681. The minimum absolute atomic E-state index is 0.0842. The molecule has 104 valence electrons. The molecular weight excluding hydrogens is 266 g/mol. The van der Waals surface area contributed by atoms with Gasteiger partial charge in [-0.15, -0.1) is 0 Å². The molecule has 19 heavy (non-hydrogen) atoms. The molecule has 1 aliphatic rings. The highest BCUT2D eigenvalue weighted by molar-refractivity contribution is 6.30. The minimum Gasteiger partial charge on any atom is -0.393 e. The van der Waals surface area contributed by atoms with Gasteiger partial charge in [0.1, 0.15) is 0 Å². The second-order valence-corrected chi connectivity index (χ2v) is 5.92. The number of aliphatic hydroxyl groups is 1. The third-order valence-electron chi connectivity index (χ3n) is 3.92. The van der Waals surface area contributed by atoms with E-state index in [0.717, 1.165) is 19.3 Å². The summed E-state index contributed by atoms with van der Waals surface area (Å²) in [5, 5.41) is 21.6. The van der Waals surface area contributed by atoms with E-state index in [0.29, 0.717) is 22.9 Å². The minimum atomic E-state index is -0.385. The van der Waals surface area contributed by atoms with Gasteiger partial charge in [-0.2, -0.15) is 0 Å². The maximum Gasteiger partial charge on any atom is 0.272 e. The van der Waals surface area contributed by atoms with E-state index in [1.807, 2.05) is 0 Å². The Kier molecular flexibility index (Phi) is 4.42. The largest absolute Gasteiger partial charge is 0.393 e. The molecule has 0 spiro atoms. The molecule has 0 saturated heterocycles. The highest BCUT2D eigenvalue weighted by Crippen LogP contribution is 2.34. The maximum absolute atomic E-state index is 11.0. The van der Waals surface area contributed by atoms with Crippen molar-refractivity contribution in [3.63, 3.8) is 0 Å². The van der Waals surface area contributed by atoms with Crippen LogP contribution < -0.4 is 0 Å². The van der Waals surface area contributed by atoms with Crippen molar-refractivity contribution in [2.24, 2.45) is 11.8 Å². The van der Waals surface area contributed by atoms with Crippen LogP contribution in [0.1, 0.15) is 31.7 Å². The summed E-state index contributed by atoms with van der Waals surface area (Å²) >= 11 is 5.92. The van der Waals surface area contributed by atoms with Gasteiger partial charge < -0.3 is 5.11 Å². The van der Waals surface area contributed by atoms with Crippen LogP contribution in [0.5, 0.6) is 0 Å². The van der Waals surface area contributed by atoms with Crippen LogP contribution in [0, 0.1) is 22.0 Å². The first-order chi connectivity index (χ1) is 8.97. The molecule has 1 aromatic rings. The lowest BCUT2D eigenvalue weighted by Gasteiger charge is -2.31. The summed E-state index contributed by atoms with van der Waals surface area (Å²) in [4.78, 5) is 10.6. The Labute approximate surface area is 117 Å². The van der Waals surface area contributed by atoms with Crippen molar-refractivity contribution in [2.75, 3.05) is 0 Å². The topological polar surface area (TPSA) is 63.4 Å². The lowest BCUT2D eigenvalue weighted by molar-refractivity contribution is -0.385. The Morgan fingerprint density at radius 1 is 1.47 bits per heavy atom. The van der Waals surface area contributed by atoms with Crippen molar-refractivity contribution in [2.45, 2.75) is 38.7 Å². The van der Waals surface area contributed by atoms with Crippen LogP contribution in [-0.4, -0.2) is 16.1 Å². The predicted octanol–water partition coefficient (Wildman–Crippen LogP) is 3.59. The summed E-state index contributed by atoms with van der Waals surface area (Å²) in [5.41, 5.74) is 0.713. The normalized spacial score (nSPS) is 27.2. The van der Waals surface area contributed by atoms with Crippen LogP contribution >= 0.6 is 11.6 Å². The molecule has 0 aromatic heterocycles. The van der Waals surface area contributed by atoms with Crippen LogP contribution in [0.3, 0.4) is 0 Å². The predicted molar refractivity (Wildman–Crippen MR) is 74.3 cm³/mol. The van der Waals surface area contributed by atoms with Gasteiger partial charge in [-0.3, -0.25) is 10.1 Å². The lowest BCUT2D eigenvalue weighted by atomic mass is 9.77. The molecule has 1 aliphatic carbocycles. The van der Waals surface area contributed by atoms with Crippen LogP contribution in [-0.2, 0) is 6.42 Å². The number of nitrogens with zero attached hydrogens (tertiary/aromatic N) is 1. The summed E-state index contributed by atoms with van der Waals surface area (Å²) < 4.78 is 0. The molecule has 0 radical (unpaired) electrons. The molecule has 1 fully saturated rings. The van der Waals surface area contributed by atoms with E-state index in [9.17, 15) is 15.2 Å². The third-order valence-corrected chi connectivity index (χ3v) is 4.16. The summed E-state index contributed by atoms with van der Waals surface area (Å²) in [6.45, 7) is 2.16. The number of aliphatic hydroxyl groups excluding tert-OH is 1. The number of nitro benzene ring substituents is 1. The molecule has 1 N–H and O–H groups in total. The van der Waals surface area contributed by atoms with E-state index in [1.165, 1.54) is 12.1 Å². The molecule has 3 atom stereocenters. The summed E-state index contributed by atoms with van der Waals surface area (Å²) in [5.74, 6) is 0.646. The zero-order valence-electron chi connectivity index (χ0n) is 10.9. The van der Waals surface area contributed by atoms with Gasteiger partial charge in [0.2, 0.25) is 0 Å². The van der Waals surface area contributed by atoms with Gasteiger partial charge in [-0.05, 0) is 49.7 Å². The molecule has 0 heterocycles. The Bertz CT molecular complexity index is 478. The molecule has 0 aliphatic heterocycles. The van der Waals surface area contributed by atoms with E-state index >= 15 is 0 Å². The highest BCUT2D eigenvalue weighted by Gasteiger charge is 2.29. The van der Waals surface area contributed by atoms with E-state index < -0.39 is 0 Å². The van der Waals surface area contributed by atoms with Crippen LogP contribution in [0.4, 0.5) is 5.69 Å². The Hall–Kier alpha value is -1.13. The SMILES string of the molecule is CC1CCC(O)C(Cc2cc(Cl)ccc2[N+](=O)[O-])C1. The molecule has 5 heteroatoms. The van der Waals surface area contributed by atoms with Gasteiger partial charge in [0.05, 0.1) is 11.0 Å². The number of hydrogen-bond acceptors (Lipinski definition) is 3. The Morgan fingerprint density at radius 3 is 2.89 bits per heavy atom. The van der Waals surface area contributed by atoms with E-state index in [-0.39, 0.29) is 22.6 Å². The summed E-state index contributed by atoms with van der Waals surface area (Å²) in [6.07, 6.45) is 2.86. The number of nitro groups is 1. The molecule has 1 saturated carbocycles. The van der Waals surface area contributed by atoms with Crippen molar-refractivity contribution < 1.29 is 10.0 Å². The smallest absolute Gasteiger partial charge is 0.272 e. The zero-order chi connectivity index (χ0) is 14.0. The molecule has 4 nitrogen and oxygen atoms in total. The van der Waals surface area contributed by atoms with Gasteiger partial charge >= 0.3 is 0 Å². The third kappa shape index (κ3) is 3.45. The second kappa shape index (κ2) is 5.88. The van der Waals surface area contributed by atoms with Gasteiger partial charge in [0.15, 0.2) is 0 Å². The second-order valence-electron chi connectivity index (χ2n) is 5.48. The molecule has 0 bridgehead atoms. The summed E-state index contributed by atoms with van der Waals surface area (Å²) in [7, 11) is 0. The van der Waals surface area contributed by atoms with E-state index in [2.05, 4.69) is 6.92 Å². The van der Waals surface area contributed by atoms with Crippen molar-refractivity contribution >= 4 is 17.3 Å². The number of benzene rings is 1. The molecule has 0 amide bonds. The van der Waals surface area contributed by atoms with Crippen molar-refractivity contribution in [3.8, 4) is 0 Å². The molecule has 2 rings (SSSR count). The molecular formula is C14H18ClNO3. The first kappa shape index (κ1) is 14.3. The first-order valence-corrected chi connectivity index (χ1v) is 6.96. The van der Waals surface area contributed by atoms with Crippen LogP contribution in [0.25, 0.3) is 0 Å². The standard InChI is InChI=1S/C14H18ClNO3/c1-9-2-5-14(17)11(6-9)7-10-8-12(15)3-4-13(10)16(18)19/h3-4,8-9,11,14,17H,2,5-7H2,1H3. The number of hydrogen-bond donors (Lipinski definition) is 1. The van der Waals surface area contributed by atoms with E-state index in [4.69, 9.17) is 11.6 Å². The van der Waals surface area contributed by atoms with Gasteiger partial charge in [0, 0.05) is 16.7 Å². The monoisotopic (exact) mass is 283 g/mol. The van der Waals surface area contributed by atoms with Gasteiger partial charge in [0.25, 0.3) is 5.69 Å². The number of halogens is 1. The van der Waals surface area contributed by atoms with Crippen LogP contribution in [0.15, 0.2) is 18.2 Å². The fraction of sp³-hybridized carbons (Fsp3) is 0.571. The molecule has 1 aromatic carbocycles. The molecule has 3 unspecified atom stereocenters. The zero-order valence-corrected chi connectivity index (χ0v) is 11.6. The number of rotatable bonds is 3. The Morgan fingerprint density at radius 2 is 2.21 bits per heavy atom. The average molecular weight is 284 g/mol. The maximum atomic E-state index is 11.0. The lowest BCUT2D eigenvalue weighted by Crippen LogP contribution is -2.29. The summed E-state index contributed by atoms with van der Waals surface area (Å²) in [6, 6.07) is 4.62. The fourth-order valence-corrected chi connectivity index (χ4v) is 3.07. The van der Waals surface area contributed by atoms with Crippen molar-refractivity contribution in [1.82, 2.24) is 0 Å². The van der Waals surface area contributed by atoms with Crippen molar-refractivity contribution in [1.29, 1.82) is 0 Å². The Balaban J connectivity index is 2.22. The van der Waals surface area contributed by atoms with E-state index in [1.54, 1.807) is 6.07 Å². The highest BCUT2D eigenvalue weighted by atomic mass is 35.5. The van der Waals surface area contributed by atoms with Gasteiger partial charge in [-0.1, -0.05) is 18.5 Å². The average Bonchev–Trinajstić information content (AvgIpc) is 2.33. The van der Waals surface area contributed by atoms with Gasteiger partial charge in [-0.25, -0.2) is 0 Å². The first-order valence-electron chi connectivity index (χ1n) is 6.58.